The van der Waals surface area contributed by atoms with Crippen LogP contribution in [0.1, 0.15) is 5.69 Å². The molecule has 1 heterocycles. The SMILES string of the molecule is NNC(=O)NCc1ccccn1. The van der Waals surface area contributed by atoms with Gasteiger partial charge in [0.05, 0.1) is 12.2 Å². The minimum absolute atomic E-state index is 0.379. The molecule has 1 rings (SSSR count). The molecular formula is C7H10N4O. The molecule has 12 heavy (non-hydrogen) atoms. The van der Waals surface area contributed by atoms with Crippen LogP contribution in [0.15, 0.2) is 24.4 Å². The zero-order chi connectivity index (χ0) is 8.81. The molecule has 0 spiro atoms. The monoisotopic (exact) mass is 166 g/mol. The van der Waals surface area contributed by atoms with Gasteiger partial charge in [-0.1, -0.05) is 6.07 Å². The summed E-state index contributed by atoms with van der Waals surface area (Å²) >= 11 is 0. The summed E-state index contributed by atoms with van der Waals surface area (Å²) in [5.74, 6) is 4.85. The molecule has 2 amide bonds. The normalized spacial score (nSPS) is 9.08. The van der Waals surface area contributed by atoms with Gasteiger partial charge in [-0.05, 0) is 12.1 Å². The van der Waals surface area contributed by atoms with E-state index < -0.39 is 6.03 Å². The van der Waals surface area contributed by atoms with Crippen LogP contribution in [0.4, 0.5) is 4.79 Å². The number of nitrogens with one attached hydrogen (secondary N) is 2. The van der Waals surface area contributed by atoms with E-state index in [4.69, 9.17) is 5.84 Å². The van der Waals surface area contributed by atoms with E-state index >= 15 is 0 Å². The van der Waals surface area contributed by atoms with Gasteiger partial charge in [-0.3, -0.25) is 10.4 Å². The first-order valence-electron chi connectivity index (χ1n) is 3.47. The molecule has 1 aromatic heterocycles. The topological polar surface area (TPSA) is 80.0 Å². The zero-order valence-electron chi connectivity index (χ0n) is 6.45. The van der Waals surface area contributed by atoms with Crippen LogP contribution in [0, 0.1) is 0 Å². The predicted octanol–water partition coefficient (Wildman–Crippen LogP) is -0.246. The maximum absolute atomic E-state index is 10.6. The highest BCUT2D eigenvalue weighted by molar-refractivity contribution is 5.72. The Kier molecular flexibility index (Phi) is 3.04. The third-order valence-corrected chi connectivity index (χ3v) is 1.29. The molecular weight excluding hydrogens is 156 g/mol. The Morgan fingerprint density at radius 1 is 1.58 bits per heavy atom. The van der Waals surface area contributed by atoms with Gasteiger partial charge in [0.25, 0.3) is 0 Å². The van der Waals surface area contributed by atoms with Crippen LogP contribution in [0.3, 0.4) is 0 Å². The second-order valence-corrected chi connectivity index (χ2v) is 2.15. The largest absolute Gasteiger partial charge is 0.331 e. The Labute approximate surface area is 70.0 Å². The summed E-state index contributed by atoms with van der Waals surface area (Å²) in [6.07, 6.45) is 1.66. The van der Waals surface area contributed by atoms with Gasteiger partial charge in [0, 0.05) is 6.20 Å². The molecule has 0 radical (unpaired) electrons. The number of nitrogens with two attached hydrogens (primary N) is 1. The highest BCUT2D eigenvalue weighted by Gasteiger charge is 1.96. The summed E-state index contributed by atoms with van der Waals surface area (Å²) in [7, 11) is 0. The number of urea groups is 1. The molecule has 1 aromatic rings. The van der Waals surface area contributed by atoms with Crippen LogP contribution in [0.2, 0.25) is 0 Å². The molecule has 5 heteroatoms. The second kappa shape index (κ2) is 4.30. The van der Waals surface area contributed by atoms with Crippen LogP contribution in [-0.4, -0.2) is 11.0 Å². The summed E-state index contributed by atoms with van der Waals surface area (Å²) in [5.41, 5.74) is 2.75. The van der Waals surface area contributed by atoms with Gasteiger partial charge in [0.15, 0.2) is 0 Å². The quantitative estimate of drug-likeness (QED) is 0.322. The Hall–Kier alpha value is -1.62. The van der Waals surface area contributed by atoms with Crippen molar-refractivity contribution in [3.63, 3.8) is 0 Å². The summed E-state index contributed by atoms with van der Waals surface area (Å²) in [4.78, 5) is 14.6. The van der Waals surface area contributed by atoms with E-state index in [0.717, 1.165) is 5.69 Å². The number of aromatic nitrogens is 1. The third-order valence-electron chi connectivity index (χ3n) is 1.29. The number of carbonyl (C=O) groups excluding carboxylic acids is 1. The zero-order valence-corrected chi connectivity index (χ0v) is 6.45. The lowest BCUT2D eigenvalue weighted by atomic mass is 10.3. The van der Waals surface area contributed by atoms with Gasteiger partial charge in [0.1, 0.15) is 0 Å². The Balaban J connectivity index is 2.38. The molecule has 0 unspecified atom stereocenters. The van der Waals surface area contributed by atoms with Crippen molar-refractivity contribution in [3.05, 3.63) is 30.1 Å². The van der Waals surface area contributed by atoms with E-state index in [2.05, 4.69) is 10.3 Å². The van der Waals surface area contributed by atoms with Gasteiger partial charge in [-0.15, -0.1) is 0 Å². The van der Waals surface area contributed by atoms with Crippen LogP contribution >= 0.6 is 0 Å². The average Bonchev–Trinajstić information content (AvgIpc) is 2.16. The standard InChI is InChI=1S/C7H10N4O/c8-11-7(12)10-5-6-3-1-2-4-9-6/h1-4H,5,8H2,(H2,10,11,12). The van der Waals surface area contributed by atoms with E-state index in [1.807, 2.05) is 23.6 Å². The lowest BCUT2D eigenvalue weighted by Crippen LogP contribution is -2.39. The predicted molar refractivity (Wildman–Crippen MR) is 43.8 cm³/mol. The number of hydrazine groups is 1. The molecule has 0 bridgehead atoms. The molecule has 0 aliphatic heterocycles. The number of hydrogen-bond acceptors (Lipinski definition) is 3. The molecule has 0 atom stereocenters. The Morgan fingerprint density at radius 2 is 2.42 bits per heavy atom. The van der Waals surface area contributed by atoms with E-state index in [0.29, 0.717) is 6.54 Å². The van der Waals surface area contributed by atoms with Gasteiger partial charge >= 0.3 is 6.03 Å². The Morgan fingerprint density at radius 3 is 3.00 bits per heavy atom. The highest BCUT2D eigenvalue weighted by Crippen LogP contribution is 1.90. The molecule has 64 valence electrons. The summed E-state index contributed by atoms with van der Waals surface area (Å²) in [6, 6.07) is 5.06. The molecule has 0 aliphatic carbocycles. The van der Waals surface area contributed by atoms with Crippen LogP contribution in [0.25, 0.3) is 0 Å². The van der Waals surface area contributed by atoms with Crippen LogP contribution in [0.5, 0.6) is 0 Å². The number of carbonyl (C=O) groups is 1. The maximum Gasteiger partial charge on any atom is 0.329 e. The molecule has 0 aliphatic rings. The fourth-order valence-electron chi connectivity index (χ4n) is 0.725. The fraction of sp³-hybridized carbons (Fsp3) is 0.143. The number of rotatable bonds is 2. The van der Waals surface area contributed by atoms with E-state index in [9.17, 15) is 4.79 Å². The first-order valence-corrected chi connectivity index (χ1v) is 3.47. The van der Waals surface area contributed by atoms with Crippen LogP contribution < -0.4 is 16.6 Å². The van der Waals surface area contributed by atoms with Gasteiger partial charge in [-0.25, -0.2) is 10.6 Å². The second-order valence-electron chi connectivity index (χ2n) is 2.15. The molecule has 0 aromatic carbocycles. The lowest BCUT2D eigenvalue weighted by molar-refractivity contribution is 0.240. The van der Waals surface area contributed by atoms with Crippen molar-refractivity contribution in [1.82, 2.24) is 15.7 Å². The summed E-state index contributed by atoms with van der Waals surface area (Å²) < 4.78 is 0. The average molecular weight is 166 g/mol. The van der Waals surface area contributed by atoms with E-state index in [1.165, 1.54) is 0 Å². The number of hydrogen-bond donors (Lipinski definition) is 3. The van der Waals surface area contributed by atoms with Crippen LogP contribution in [-0.2, 0) is 6.54 Å². The van der Waals surface area contributed by atoms with Gasteiger partial charge in [-0.2, -0.15) is 0 Å². The molecule has 0 saturated heterocycles. The molecule has 5 nitrogen and oxygen atoms in total. The summed E-state index contributed by atoms with van der Waals surface area (Å²) in [5, 5.41) is 2.51. The first-order chi connectivity index (χ1) is 5.83. The highest BCUT2D eigenvalue weighted by atomic mass is 16.2. The molecule has 0 saturated carbocycles. The van der Waals surface area contributed by atoms with Gasteiger partial charge in [0.2, 0.25) is 0 Å². The Bertz CT molecular complexity index is 249. The molecule has 0 fully saturated rings. The lowest BCUT2D eigenvalue weighted by Gasteiger charge is -2.02. The van der Waals surface area contributed by atoms with Crippen molar-refractivity contribution in [1.29, 1.82) is 0 Å². The minimum Gasteiger partial charge on any atom is -0.331 e. The maximum atomic E-state index is 10.6. The van der Waals surface area contributed by atoms with E-state index in [1.54, 1.807) is 6.20 Å². The van der Waals surface area contributed by atoms with Crippen molar-refractivity contribution in [2.75, 3.05) is 0 Å². The number of nitrogens with zero attached hydrogens (tertiary/aromatic N) is 1. The number of amides is 2. The fourth-order valence-corrected chi connectivity index (χ4v) is 0.725. The first kappa shape index (κ1) is 8.48. The number of pyridine rings is 1. The van der Waals surface area contributed by atoms with Crippen molar-refractivity contribution < 1.29 is 4.79 Å². The van der Waals surface area contributed by atoms with Crippen molar-refractivity contribution in [3.8, 4) is 0 Å². The van der Waals surface area contributed by atoms with Crippen molar-refractivity contribution in [2.45, 2.75) is 6.54 Å². The minimum atomic E-state index is -0.416. The third kappa shape index (κ3) is 2.55. The van der Waals surface area contributed by atoms with Crippen molar-refractivity contribution in [2.24, 2.45) is 5.84 Å². The van der Waals surface area contributed by atoms with E-state index in [-0.39, 0.29) is 0 Å². The summed E-state index contributed by atoms with van der Waals surface area (Å²) in [6.45, 7) is 0.379. The van der Waals surface area contributed by atoms with Gasteiger partial charge < -0.3 is 5.32 Å². The van der Waals surface area contributed by atoms with Crippen molar-refractivity contribution >= 4 is 6.03 Å². The smallest absolute Gasteiger partial charge is 0.329 e. The molecule has 4 N–H and O–H groups in total.